The Morgan fingerprint density at radius 2 is 1.60 bits per heavy atom. The standard InChI is InChI=1S/C26H28N2O2/c1-28(25(29)18-20-12-9-11-19-10-5-6-15-22(19)20)24-17-8-7-16-23(24)26(30)27-21-13-3-2-4-14-21/h5-12,15-17,21H,2-4,13-14,18H2,1H3,(H,27,30). The molecule has 0 unspecified atom stereocenters. The van der Waals surface area contributed by atoms with E-state index in [0.717, 1.165) is 42.0 Å². The predicted molar refractivity (Wildman–Crippen MR) is 122 cm³/mol. The largest absolute Gasteiger partial charge is 0.349 e. The third-order valence-corrected chi connectivity index (χ3v) is 6.05. The lowest BCUT2D eigenvalue weighted by atomic mass is 9.95. The average molecular weight is 401 g/mol. The molecule has 2 amide bonds. The van der Waals surface area contributed by atoms with Crippen LogP contribution in [0.15, 0.2) is 66.7 Å². The number of nitrogens with one attached hydrogen (secondary N) is 1. The Hall–Kier alpha value is -3.14. The lowest BCUT2D eigenvalue weighted by Gasteiger charge is -2.25. The summed E-state index contributed by atoms with van der Waals surface area (Å²) in [6.07, 6.45) is 5.92. The van der Waals surface area contributed by atoms with Gasteiger partial charge >= 0.3 is 0 Å². The smallest absolute Gasteiger partial charge is 0.253 e. The number of hydrogen-bond donors (Lipinski definition) is 1. The van der Waals surface area contributed by atoms with Crippen LogP contribution in [0, 0.1) is 0 Å². The van der Waals surface area contributed by atoms with E-state index in [-0.39, 0.29) is 24.3 Å². The number of para-hydroxylation sites is 1. The number of amides is 2. The minimum absolute atomic E-state index is 0.0377. The number of carbonyl (C=O) groups excluding carboxylic acids is 2. The van der Waals surface area contributed by atoms with Gasteiger partial charge in [-0.25, -0.2) is 0 Å². The van der Waals surface area contributed by atoms with Crippen molar-refractivity contribution < 1.29 is 9.59 Å². The molecule has 1 aliphatic rings. The molecule has 1 aliphatic carbocycles. The van der Waals surface area contributed by atoms with Crippen LogP contribution in [0.4, 0.5) is 5.69 Å². The van der Waals surface area contributed by atoms with Gasteiger partial charge in [-0.15, -0.1) is 0 Å². The number of fused-ring (bicyclic) bond motifs is 1. The molecule has 30 heavy (non-hydrogen) atoms. The Balaban J connectivity index is 1.53. The van der Waals surface area contributed by atoms with Crippen molar-refractivity contribution in [3.63, 3.8) is 0 Å². The predicted octanol–water partition coefficient (Wildman–Crippen LogP) is 5.11. The van der Waals surface area contributed by atoms with Crippen molar-refractivity contribution >= 4 is 28.3 Å². The summed E-state index contributed by atoms with van der Waals surface area (Å²) in [7, 11) is 1.75. The Morgan fingerprint density at radius 1 is 0.900 bits per heavy atom. The van der Waals surface area contributed by atoms with E-state index >= 15 is 0 Å². The van der Waals surface area contributed by atoms with Crippen LogP contribution in [-0.2, 0) is 11.2 Å². The molecule has 4 nitrogen and oxygen atoms in total. The topological polar surface area (TPSA) is 49.4 Å². The van der Waals surface area contributed by atoms with Gasteiger partial charge in [0.25, 0.3) is 5.91 Å². The van der Waals surface area contributed by atoms with Crippen molar-refractivity contribution in [1.29, 1.82) is 0 Å². The van der Waals surface area contributed by atoms with Gasteiger partial charge in [0, 0.05) is 13.1 Å². The Kier molecular flexibility index (Phi) is 6.12. The van der Waals surface area contributed by atoms with Crippen molar-refractivity contribution in [2.24, 2.45) is 0 Å². The molecule has 3 aromatic rings. The Labute approximate surface area is 177 Å². The lowest BCUT2D eigenvalue weighted by molar-refractivity contribution is -0.117. The van der Waals surface area contributed by atoms with Crippen molar-refractivity contribution in [3.8, 4) is 0 Å². The summed E-state index contributed by atoms with van der Waals surface area (Å²) in [6, 6.07) is 21.7. The third kappa shape index (κ3) is 4.38. The van der Waals surface area contributed by atoms with E-state index in [1.54, 1.807) is 18.0 Å². The summed E-state index contributed by atoms with van der Waals surface area (Å²) in [4.78, 5) is 27.7. The number of rotatable bonds is 5. The van der Waals surface area contributed by atoms with Crippen LogP contribution in [0.1, 0.15) is 48.0 Å². The molecular weight excluding hydrogens is 372 g/mol. The second kappa shape index (κ2) is 9.12. The fraction of sp³-hybridized carbons (Fsp3) is 0.308. The highest BCUT2D eigenvalue weighted by atomic mass is 16.2. The van der Waals surface area contributed by atoms with E-state index in [1.165, 1.54) is 6.42 Å². The molecule has 1 N–H and O–H groups in total. The molecule has 154 valence electrons. The number of hydrogen-bond acceptors (Lipinski definition) is 2. The monoisotopic (exact) mass is 400 g/mol. The van der Waals surface area contributed by atoms with Gasteiger partial charge in [-0.3, -0.25) is 9.59 Å². The van der Waals surface area contributed by atoms with Crippen LogP contribution < -0.4 is 10.2 Å². The Bertz CT molecular complexity index is 1050. The minimum Gasteiger partial charge on any atom is -0.349 e. The lowest BCUT2D eigenvalue weighted by Crippen LogP contribution is -2.37. The summed E-state index contributed by atoms with van der Waals surface area (Å²) in [6.45, 7) is 0. The molecule has 0 atom stereocenters. The Morgan fingerprint density at radius 3 is 2.43 bits per heavy atom. The minimum atomic E-state index is -0.0951. The first-order valence-electron chi connectivity index (χ1n) is 10.8. The van der Waals surface area contributed by atoms with Crippen LogP contribution in [0.2, 0.25) is 0 Å². The highest BCUT2D eigenvalue weighted by Crippen LogP contribution is 2.24. The van der Waals surface area contributed by atoms with E-state index < -0.39 is 0 Å². The maximum atomic E-state index is 13.1. The highest BCUT2D eigenvalue weighted by Gasteiger charge is 2.22. The molecule has 0 aromatic heterocycles. The van der Waals surface area contributed by atoms with Crippen LogP contribution in [0.3, 0.4) is 0 Å². The van der Waals surface area contributed by atoms with Gasteiger partial charge in [-0.1, -0.05) is 73.9 Å². The summed E-state index contributed by atoms with van der Waals surface area (Å²) in [5.41, 5.74) is 2.20. The molecule has 0 aliphatic heterocycles. The molecule has 0 radical (unpaired) electrons. The molecule has 1 fully saturated rings. The van der Waals surface area contributed by atoms with E-state index in [9.17, 15) is 9.59 Å². The SMILES string of the molecule is CN(C(=O)Cc1cccc2ccccc12)c1ccccc1C(=O)NC1CCCCC1. The van der Waals surface area contributed by atoms with Crippen LogP contribution in [0.5, 0.6) is 0 Å². The van der Waals surface area contributed by atoms with Gasteiger partial charge in [0.1, 0.15) is 0 Å². The summed E-state index contributed by atoms with van der Waals surface area (Å²) >= 11 is 0. The molecule has 0 heterocycles. The average Bonchev–Trinajstić information content (AvgIpc) is 2.79. The second-order valence-electron chi connectivity index (χ2n) is 8.09. The maximum absolute atomic E-state index is 13.1. The van der Waals surface area contributed by atoms with Crippen LogP contribution in [0.25, 0.3) is 10.8 Å². The van der Waals surface area contributed by atoms with E-state index in [2.05, 4.69) is 17.4 Å². The highest BCUT2D eigenvalue weighted by molar-refractivity contribution is 6.05. The summed E-state index contributed by atoms with van der Waals surface area (Å²) < 4.78 is 0. The number of anilines is 1. The molecule has 0 bridgehead atoms. The van der Waals surface area contributed by atoms with Gasteiger partial charge < -0.3 is 10.2 Å². The van der Waals surface area contributed by atoms with Gasteiger partial charge in [0.2, 0.25) is 5.91 Å². The molecular formula is C26H28N2O2. The number of carbonyl (C=O) groups is 2. The van der Waals surface area contributed by atoms with Crippen molar-refractivity contribution in [2.45, 2.75) is 44.6 Å². The fourth-order valence-corrected chi connectivity index (χ4v) is 4.33. The molecule has 4 heteroatoms. The van der Waals surface area contributed by atoms with Crippen LogP contribution in [-0.4, -0.2) is 24.9 Å². The van der Waals surface area contributed by atoms with E-state index in [4.69, 9.17) is 0 Å². The number of nitrogens with zero attached hydrogens (tertiary/aromatic N) is 1. The van der Waals surface area contributed by atoms with Crippen LogP contribution >= 0.6 is 0 Å². The normalized spacial score (nSPS) is 14.4. The van der Waals surface area contributed by atoms with Crippen molar-refractivity contribution in [1.82, 2.24) is 5.32 Å². The first-order chi connectivity index (χ1) is 14.6. The second-order valence-corrected chi connectivity index (χ2v) is 8.09. The fourth-order valence-electron chi connectivity index (χ4n) is 4.33. The van der Waals surface area contributed by atoms with Gasteiger partial charge in [0.05, 0.1) is 17.7 Å². The van der Waals surface area contributed by atoms with Crippen molar-refractivity contribution in [3.05, 3.63) is 77.9 Å². The van der Waals surface area contributed by atoms with E-state index in [0.29, 0.717) is 11.3 Å². The summed E-state index contributed by atoms with van der Waals surface area (Å²) in [5.74, 6) is -0.133. The third-order valence-electron chi connectivity index (χ3n) is 6.05. The first kappa shape index (κ1) is 20.1. The van der Waals surface area contributed by atoms with Gasteiger partial charge in [-0.2, -0.15) is 0 Å². The quantitative estimate of drug-likeness (QED) is 0.647. The number of likely N-dealkylation sites (N-methyl/N-ethyl adjacent to an activating group) is 1. The first-order valence-corrected chi connectivity index (χ1v) is 10.8. The molecule has 1 saturated carbocycles. The van der Waals surface area contributed by atoms with E-state index in [1.807, 2.05) is 48.5 Å². The van der Waals surface area contributed by atoms with Gasteiger partial charge in [-0.05, 0) is 41.3 Å². The van der Waals surface area contributed by atoms with Gasteiger partial charge in [0.15, 0.2) is 0 Å². The zero-order valence-corrected chi connectivity index (χ0v) is 17.4. The zero-order chi connectivity index (χ0) is 20.9. The maximum Gasteiger partial charge on any atom is 0.253 e. The molecule has 0 spiro atoms. The molecule has 4 rings (SSSR count). The summed E-state index contributed by atoms with van der Waals surface area (Å²) in [5, 5.41) is 5.38. The molecule has 0 saturated heterocycles. The van der Waals surface area contributed by atoms with Crippen molar-refractivity contribution in [2.75, 3.05) is 11.9 Å². The molecule has 3 aromatic carbocycles. The number of benzene rings is 3. The zero-order valence-electron chi connectivity index (χ0n) is 17.4.